The average molecular weight is 256 g/mol. The maximum absolute atomic E-state index is 13.2. The summed E-state index contributed by atoms with van der Waals surface area (Å²) in [6, 6.07) is 4.28. The smallest absolute Gasteiger partial charge is 0.253 e. The van der Waals surface area contributed by atoms with Crippen LogP contribution in [0.4, 0.5) is 10.1 Å². The highest BCUT2D eigenvalue weighted by atomic mass is 32.2. The van der Waals surface area contributed by atoms with Gasteiger partial charge < -0.3 is 11.1 Å². The molecular formula is C12H17FN2OS. The minimum Gasteiger partial charge on any atom is -0.396 e. The van der Waals surface area contributed by atoms with Crippen LogP contribution in [0.25, 0.3) is 0 Å². The van der Waals surface area contributed by atoms with Crippen LogP contribution in [0.15, 0.2) is 18.2 Å². The van der Waals surface area contributed by atoms with E-state index < -0.39 is 5.82 Å². The van der Waals surface area contributed by atoms with Crippen LogP contribution in [0.5, 0.6) is 0 Å². The van der Waals surface area contributed by atoms with Gasteiger partial charge >= 0.3 is 0 Å². The second kappa shape index (κ2) is 6.49. The molecule has 5 heteroatoms. The average Bonchev–Trinajstić information content (AvgIpc) is 2.29. The molecule has 17 heavy (non-hydrogen) atoms. The van der Waals surface area contributed by atoms with Gasteiger partial charge in [-0.25, -0.2) is 4.39 Å². The summed E-state index contributed by atoms with van der Waals surface area (Å²) in [5.41, 5.74) is 5.61. The van der Waals surface area contributed by atoms with Crippen molar-refractivity contribution in [1.29, 1.82) is 0 Å². The standard InChI is InChI=1S/C12H17FN2OS/c1-3-17-7-8(2)15-12(16)9-5-4-6-10(13)11(9)14/h4-6,8H,3,7,14H2,1-2H3,(H,15,16). The van der Waals surface area contributed by atoms with Crippen molar-refractivity contribution in [3.8, 4) is 0 Å². The lowest BCUT2D eigenvalue weighted by atomic mass is 10.1. The molecule has 1 amide bonds. The van der Waals surface area contributed by atoms with E-state index in [1.165, 1.54) is 18.2 Å². The minimum atomic E-state index is -0.562. The van der Waals surface area contributed by atoms with Gasteiger partial charge in [0.2, 0.25) is 0 Å². The number of para-hydroxylation sites is 1. The van der Waals surface area contributed by atoms with Crippen LogP contribution < -0.4 is 11.1 Å². The van der Waals surface area contributed by atoms with Crippen molar-refractivity contribution in [1.82, 2.24) is 5.32 Å². The number of nitrogens with two attached hydrogens (primary N) is 1. The molecule has 0 fully saturated rings. The van der Waals surface area contributed by atoms with Crippen LogP contribution in [0.1, 0.15) is 24.2 Å². The Morgan fingerprint density at radius 1 is 1.59 bits per heavy atom. The lowest BCUT2D eigenvalue weighted by molar-refractivity contribution is 0.0944. The van der Waals surface area contributed by atoms with Crippen molar-refractivity contribution < 1.29 is 9.18 Å². The van der Waals surface area contributed by atoms with Crippen molar-refractivity contribution in [3.63, 3.8) is 0 Å². The fourth-order valence-electron chi connectivity index (χ4n) is 1.37. The van der Waals surface area contributed by atoms with E-state index in [-0.39, 0.29) is 23.2 Å². The Bertz CT molecular complexity index is 398. The molecule has 1 atom stereocenters. The fraction of sp³-hybridized carbons (Fsp3) is 0.417. The van der Waals surface area contributed by atoms with E-state index in [2.05, 4.69) is 12.2 Å². The maximum atomic E-state index is 13.2. The number of carbonyl (C=O) groups is 1. The van der Waals surface area contributed by atoms with Crippen LogP contribution in [-0.2, 0) is 0 Å². The predicted octanol–water partition coefficient (Wildman–Crippen LogP) is 2.28. The van der Waals surface area contributed by atoms with E-state index in [1.54, 1.807) is 11.8 Å². The molecule has 0 spiro atoms. The molecule has 3 N–H and O–H groups in total. The highest BCUT2D eigenvalue weighted by Crippen LogP contribution is 2.15. The van der Waals surface area contributed by atoms with Crippen LogP contribution in [0.2, 0.25) is 0 Å². The van der Waals surface area contributed by atoms with E-state index in [4.69, 9.17) is 5.73 Å². The summed E-state index contributed by atoms with van der Waals surface area (Å²) in [6.07, 6.45) is 0. The minimum absolute atomic E-state index is 0.0371. The normalized spacial score (nSPS) is 12.2. The van der Waals surface area contributed by atoms with E-state index >= 15 is 0 Å². The quantitative estimate of drug-likeness (QED) is 0.795. The number of nitrogens with one attached hydrogen (secondary N) is 1. The summed E-state index contributed by atoms with van der Waals surface area (Å²) in [6.45, 7) is 3.97. The fourth-order valence-corrected chi connectivity index (χ4v) is 2.05. The first kappa shape index (κ1) is 13.8. The van der Waals surface area contributed by atoms with Gasteiger partial charge in [-0.3, -0.25) is 4.79 Å². The molecule has 0 aromatic heterocycles. The Morgan fingerprint density at radius 2 is 2.29 bits per heavy atom. The first-order valence-corrected chi connectivity index (χ1v) is 6.64. The molecule has 0 saturated heterocycles. The Morgan fingerprint density at radius 3 is 2.94 bits per heavy atom. The van der Waals surface area contributed by atoms with Crippen LogP contribution in [0.3, 0.4) is 0 Å². The van der Waals surface area contributed by atoms with Crippen LogP contribution >= 0.6 is 11.8 Å². The first-order valence-electron chi connectivity index (χ1n) is 5.48. The molecule has 1 aromatic carbocycles. The molecule has 0 aliphatic rings. The van der Waals surface area contributed by atoms with Crippen LogP contribution in [0, 0.1) is 5.82 Å². The van der Waals surface area contributed by atoms with Crippen molar-refractivity contribution in [3.05, 3.63) is 29.6 Å². The number of hydrogen-bond donors (Lipinski definition) is 2. The SMILES string of the molecule is CCSCC(C)NC(=O)c1cccc(F)c1N. The molecule has 1 rings (SSSR count). The second-order valence-electron chi connectivity index (χ2n) is 3.74. The van der Waals surface area contributed by atoms with E-state index in [0.29, 0.717) is 0 Å². The number of nitrogen functional groups attached to an aromatic ring is 1. The molecule has 0 bridgehead atoms. The largest absolute Gasteiger partial charge is 0.396 e. The summed E-state index contributed by atoms with van der Waals surface area (Å²) in [5, 5.41) is 2.79. The zero-order valence-corrected chi connectivity index (χ0v) is 10.8. The number of halogens is 1. The van der Waals surface area contributed by atoms with Gasteiger partial charge in [0.1, 0.15) is 5.82 Å². The van der Waals surface area contributed by atoms with E-state index in [0.717, 1.165) is 11.5 Å². The Kier molecular flexibility index (Phi) is 5.28. The molecule has 0 saturated carbocycles. The Balaban J connectivity index is 2.67. The molecule has 0 heterocycles. The van der Waals surface area contributed by atoms with Gasteiger partial charge in [0.25, 0.3) is 5.91 Å². The predicted molar refractivity (Wildman–Crippen MR) is 70.7 cm³/mol. The monoisotopic (exact) mass is 256 g/mol. The van der Waals surface area contributed by atoms with Gasteiger partial charge in [-0.05, 0) is 24.8 Å². The molecule has 94 valence electrons. The molecule has 0 radical (unpaired) electrons. The lowest BCUT2D eigenvalue weighted by Crippen LogP contribution is -2.34. The zero-order valence-electron chi connectivity index (χ0n) is 10.00. The van der Waals surface area contributed by atoms with Gasteiger partial charge in [-0.2, -0.15) is 11.8 Å². The topological polar surface area (TPSA) is 55.1 Å². The molecule has 1 aromatic rings. The van der Waals surface area contributed by atoms with Gasteiger partial charge in [0.15, 0.2) is 0 Å². The molecular weight excluding hydrogens is 239 g/mol. The summed E-state index contributed by atoms with van der Waals surface area (Å²) >= 11 is 1.74. The Hall–Kier alpha value is -1.23. The Labute approximate surface area is 105 Å². The second-order valence-corrected chi connectivity index (χ2v) is 5.05. The number of thioether (sulfide) groups is 1. The number of carbonyl (C=O) groups excluding carboxylic acids is 1. The third-order valence-corrected chi connectivity index (χ3v) is 3.39. The highest BCUT2D eigenvalue weighted by Gasteiger charge is 2.14. The van der Waals surface area contributed by atoms with Crippen molar-refractivity contribution in [2.24, 2.45) is 0 Å². The maximum Gasteiger partial charge on any atom is 0.253 e. The van der Waals surface area contributed by atoms with Gasteiger partial charge in [-0.1, -0.05) is 13.0 Å². The van der Waals surface area contributed by atoms with Crippen LogP contribution in [-0.4, -0.2) is 23.5 Å². The molecule has 0 aliphatic carbocycles. The number of benzene rings is 1. The lowest BCUT2D eigenvalue weighted by Gasteiger charge is -2.14. The van der Waals surface area contributed by atoms with E-state index in [1.807, 2.05) is 6.92 Å². The summed E-state index contributed by atoms with van der Waals surface area (Å²) in [7, 11) is 0. The van der Waals surface area contributed by atoms with Gasteiger partial charge in [0.05, 0.1) is 11.3 Å². The summed E-state index contributed by atoms with van der Waals surface area (Å²) in [4.78, 5) is 11.8. The third kappa shape index (κ3) is 3.93. The third-order valence-electron chi connectivity index (χ3n) is 2.25. The molecule has 0 aliphatic heterocycles. The summed E-state index contributed by atoms with van der Waals surface area (Å²) < 4.78 is 13.2. The van der Waals surface area contributed by atoms with E-state index in [9.17, 15) is 9.18 Å². The summed E-state index contributed by atoms with van der Waals surface area (Å²) in [5.74, 6) is 0.944. The van der Waals surface area contributed by atoms with Crippen molar-refractivity contribution in [2.75, 3.05) is 17.2 Å². The number of anilines is 1. The van der Waals surface area contributed by atoms with Crippen molar-refractivity contribution >= 4 is 23.4 Å². The van der Waals surface area contributed by atoms with Gasteiger partial charge in [0, 0.05) is 11.8 Å². The highest BCUT2D eigenvalue weighted by molar-refractivity contribution is 7.99. The zero-order chi connectivity index (χ0) is 12.8. The number of hydrogen-bond acceptors (Lipinski definition) is 3. The molecule has 3 nitrogen and oxygen atoms in total. The van der Waals surface area contributed by atoms with Crippen molar-refractivity contribution in [2.45, 2.75) is 19.9 Å². The van der Waals surface area contributed by atoms with Gasteiger partial charge in [-0.15, -0.1) is 0 Å². The first-order chi connectivity index (χ1) is 8.06. The number of amides is 1. The number of rotatable bonds is 5. The molecule has 1 unspecified atom stereocenters.